The number of esters is 1. The van der Waals surface area contributed by atoms with Crippen LogP contribution >= 0.6 is 0 Å². The van der Waals surface area contributed by atoms with Crippen molar-refractivity contribution in [3.05, 3.63) is 0 Å². The molecule has 1 fully saturated rings. The lowest BCUT2D eigenvalue weighted by Gasteiger charge is -2.37. The molecule has 0 saturated heterocycles. The molecular formula is C12H23NO2. The monoisotopic (exact) mass is 213 g/mol. The second-order valence-corrected chi connectivity index (χ2v) is 5.20. The average Bonchev–Trinajstić information content (AvgIpc) is 2.17. The SMILES string of the molecule is COC(=O)CC1(N)CCC(C(C)C)CC1. The van der Waals surface area contributed by atoms with E-state index >= 15 is 0 Å². The molecular weight excluding hydrogens is 190 g/mol. The largest absolute Gasteiger partial charge is 0.469 e. The highest BCUT2D eigenvalue weighted by Gasteiger charge is 2.34. The molecule has 1 rings (SSSR count). The van der Waals surface area contributed by atoms with Crippen LogP contribution in [-0.4, -0.2) is 18.6 Å². The van der Waals surface area contributed by atoms with Crippen molar-refractivity contribution in [3.63, 3.8) is 0 Å². The highest BCUT2D eigenvalue weighted by molar-refractivity contribution is 5.70. The van der Waals surface area contributed by atoms with Crippen molar-refractivity contribution in [2.45, 2.75) is 51.5 Å². The number of methoxy groups -OCH3 is 1. The summed E-state index contributed by atoms with van der Waals surface area (Å²) in [6.07, 6.45) is 4.56. The molecule has 3 heteroatoms. The summed E-state index contributed by atoms with van der Waals surface area (Å²) in [6, 6.07) is 0. The molecule has 0 heterocycles. The van der Waals surface area contributed by atoms with Crippen LogP contribution < -0.4 is 5.73 Å². The Balaban J connectivity index is 2.44. The summed E-state index contributed by atoms with van der Waals surface area (Å²) >= 11 is 0. The van der Waals surface area contributed by atoms with Crippen LogP contribution in [0.5, 0.6) is 0 Å². The Kier molecular flexibility index (Phi) is 4.14. The number of ether oxygens (including phenoxy) is 1. The van der Waals surface area contributed by atoms with E-state index in [1.807, 2.05) is 0 Å². The molecule has 0 spiro atoms. The first-order chi connectivity index (χ1) is 6.97. The summed E-state index contributed by atoms with van der Waals surface area (Å²) in [5, 5.41) is 0. The Morgan fingerprint density at radius 2 is 2.00 bits per heavy atom. The number of nitrogens with two attached hydrogens (primary N) is 1. The van der Waals surface area contributed by atoms with Crippen molar-refractivity contribution in [1.29, 1.82) is 0 Å². The number of rotatable bonds is 3. The van der Waals surface area contributed by atoms with Crippen LogP contribution in [0.3, 0.4) is 0 Å². The molecule has 1 aliphatic rings. The van der Waals surface area contributed by atoms with Gasteiger partial charge in [-0.05, 0) is 37.5 Å². The first-order valence-corrected chi connectivity index (χ1v) is 5.82. The predicted molar refractivity (Wildman–Crippen MR) is 60.3 cm³/mol. The third kappa shape index (κ3) is 3.49. The third-order valence-electron chi connectivity index (χ3n) is 3.69. The van der Waals surface area contributed by atoms with Gasteiger partial charge in [-0.2, -0.15) is 0 Å². The summed E-state index contributed by atoms with van der Waals surface area (Å²) < 4.78 is 4.67. The topological polar surface area (TPSA) is 52.3 Å². The van der Waals surface area contributed by atoms with Crippen molar-refractivity contribution in [2.24, 2.45) is 17.6 Å². The number of hydrogen-bond acceptors (Lipinski definition) is 3. The van der Waals surface area contributed by atoms with Gasteiger partial charge in [0.1, 0.15) is 0 Å². The Hall–Kier alpha value is -0.570. The van der Waals surface area contributed by atoms with Gasteiger partial charge in [0.25, 0.3) is 0 Å². The third-order valence-corrected chi connectivity index (χ3v) is 3.69. The highest BCUT2D eigenvalue weighted by atomic mass is 16.5. The van der Waals surface area contributed by atoms with E-state index in [1.54, 1.807) is 0 Å². The molecule has 0 bridgehead atoms. The van der Waals surface area contributed by atoms with Gasteiger partial charge in [-0.3, -0.25) is 4.79 Å². The molecule has 15 heavy (non-hydrogen) atoms. The number of carbonyl (C=O) groups excluding carboxylic acids is 1. The Labute approximate surface area is 92.4 Å². The molecule has 1 aliphatic carbocycles. The van der Waals surface area contributed by atoms with Crippen molar-refractivity contribution < 1.29 is 9.53 Å². The maximum absolute atomic E-state index is 11.2. The van der Waals surface area contributed by atoms with E-state index in [0.717, 1.165) is 37.5 Å². The molecule has 0 radical (unpaired) electrons. The molecule has 0 aliphatic heterocycles. The molecule has 0 amide bonds. The Morgan fingerprint density at radius 1 is 1.47 bits per heavy atom. The van der Waals surface area contributed by atoms with Crippen molar-refractivity contribution in [2.75, 3.05) is 7.11 Å². The minimum absolute atomic E-state index is 0.180. The first kappa shape index (κ1) is 12.5. The smallest absolute Gasteiger partial charge is 0.307 e. The average molecular weight is 213 g/mol. The second-order valence-electron chi connectivity index (χ2n) is 5.20. The van der Waals surface area contributed by atoms with E-state index in [0.29, 0.717) is 6.42 Å². The fourth-order valence-electron chi connectivity index (χ4n) is 2.42. The predicted octanol–water partition coefficient (Wildman–Crippen LogP) is 2.09. The molecule has 0 aromatic heterocycles. The van der Waals surface area contributed by atoms with Gasteiger partial charge >= 0.3 is 5.97 Å². The fraction of sp³-hybridized carbons (Fsp3) is 0.917. The highest BCUT2D eigenvalue weighted by Crippen LogP contribution is 2.36. The molecule has 3 nitrogen and oxygen atoms in total. The number of hydrogen-bond donors (Lipinski definition) is 1. The van der Waals surface area contributed by atoms with Crippen LogP contribution in [0.1, 0.15) is 46.0 Å². The van der Waals surface area contributed by atoms with E-state index in [1.165, 1.54) is 7.11 Å². The second kappa shape index (κ2) is 4.97. The molecule has 1 saturated carbocycles. The minimum atomic E-state index is -0.307. The van der Waals surface area contributed by atoms with Crippen molar-refractivity contribution >= 4 is 5.97 Å². The lowest BCUT2D eigenvalue weighted by atomic mass is 9.72. The van der Waals surface area contributed by atoms with Crippen LogP contribution in [0.2, 0.25) is 0 Å². The van der Waals surface area contributed by atoms with Crippen LogP contribution in [-0.2, 0) is 9.53 Å². The van der Waals surface area contributed by atoms with E-state index in [-0.39, 0.29) is 11.5 Å². The number of carbonyl (C=O) groups is 1. The van der Waals surface area contributed by atoms with Crippen LogP contribution in [0.4, 0.5) is 0 Å². The lowest BCUT2D eigenvalue weighted by molar-refractivity contribution is -0.142. The molecule has 88 valence electrons. The minimum Gasteiger partial charge on any atom is -0.469 e. The van der Waals surface area contributed by atoms with E-state index in [2.05, 4.69) is 18.6 Å². The van der Waals surface area contributed by atoms with Gasteiger partial charge in [-0.15, -0.1) is 0 Å². The summed E-state index contributed by atoms with van der Waals surface area (Å²) in [6.45, 7) is 4.52. The van der Waals surface area contributed by atoms with E-state index < -0.39 is 0 Å². The molecule has 0 aromatic carbocycles. The first-order valence-electron chi connectivity index (χ1n) is 5.82. The maximum Gasteiger partial charge on any atom is 0.307 e. The molecule has 0 unspecified atom stereocenters. The van der Waals surface area contributed by atoms with Gasteiger partial charge < -0.3 is 10.5 Å². The van der Waals surface area contributed by atoms with Crippen LogP contribution in [0.15, 0.2) is 0 Å². The van der Waals surface area contributed by atoms with Crippen molar-refractivity contribution in [1.82, 2.24) is 0 Å². The van der Waals surface area contributed by atoms with Crippen molar-refractivity contribution in [3.8, 4) is 0 Å². The molecule has 2 N–H and O–H groups in total. The zero-order valence-electron chi connectivity index (χ0n) is 10.1. The molecule has 0 atom stereocenters. The zero-order valence-corrected chi connectivity index (χ0v) is 10.1. The fourth-order valence-corrected chi connectivity index (χ4v) is 2.42. The van der Waals surface area contributed by atoms with E-state index in [4.69, 9.17) is 5.73 Å². The maximum atomic E-state index is 11.2. The lowest BCUT2D eigenvalue weighted by Crippen LogP contribution is -2.45. The zero-order chi connectivity index (χ0) is 11.5. The van der Waals surface area contributed by atoms with Gasteiger partial charge in [0.2, 0.25) is 0 Å². The van der Waals surface area contributed by atoms with Gasteiger partial charge in [0, 0.05) is 5.54 Å². The normalized spacial score (nSPS) is 31.7. The van der Waals surface area contributed by atoms with Crippen LogP contribution in [0, 0.1) is 11.8 Å². The van der Waals surface area contributed by atoms with Gasteiger partial charge in [0.15, 0.2) is 0 Å². The Bertz CT molecular complexity index is 218. The quantitative estimate of drug-likeness (QED) is 0.730. The van der Waals surface area contributed by atoms with Gasteiger partial charge in [-0.1, -0.05) is 13.8 Å². The summed E-state index contributed by atoms with van der Waals surface area (Å²) in [4.78, 5) is 11.2. The standard InChI is InChI=1S/C12H23NO2/c1-9(2)10-4-6-12(13,7-5-10)8-11(14)15-3/h9-10H,4-8,13H2,1-3H3. The Morgan fingerprint density at radius 3 is 2.40 bits per heavy atom. The van der Waals surface area contributed by atoms with E-state index in [9.17, 15) is 4.79 Å². The van der Waals surface area contributed by atoms with Crippen LogP contribution in [0.25, 0.3) is 0 Å². The molecule has 0 aromatic rings. The van der Waals surface area contributed by atoms with Gasteiger partial charge in [0.05, 0.1) is 13.5 Å². The summed E-state index contributed by atoms with van der Waals surface area (Å²) in [7, 11) is 1.42. The van der Waals surface area contributed by atoms with Gasteiger partial charge in [-0.25, -0.2) is 0 Å². The summed E-state index contributed by atoms with van der Waals surface area (Å²) in [5.74, 6) is 1.33. The summed E-state index contributed by atoms with van der Waals surface area (Å²) in [5.41, 5.74) is 5.89.